The van der Waals surface area contributed by atoms with Gasteiger partial charge in [0, 0.05) is 18.5 Å². The molecular formula is C15H28N2O3. The van der Waals surface area contributed by atoms with E-state index in [0.717, 1.165) is 25.9 Å². The maximum absolute atomic E-state index is 12.1. The number of carboxylic acids is 1. The number of aliphatic carboxylic acids is 1. The van der Waals surface area contributed by atoms with Crippen LogP contribution < -0.4 is 0 Å². The zero-order valence-corrected chi connectivity index (χ0v) is 13.2. The first-order valence-electron chi connectivity index (χ1n) is 7.54. The van der Waals surface area contributed by atoms with Crippen molar-refractivity contribution in [1.82, 2.24) is 9.80 Å². The summed E-state index contributed by atoms with van der Waals surface area (Å²) >= 11 is 0. The molecule has 1 rings (SSSR count). The molecule has 5 heteroatoms. The van der Waals surface area contributed by atoms with Crippen LogP contribution in [0.3, 0.4) is 0 Å². The summed E-state index contributed by atoms with van der Waals surface area (Å²) in [5.74, 6) is -0.888. The molecule has 1 fully saturated rings. The second-order valence-corrected chi connectivity index (χ2v) is 6.44. The van der Waals surface area contributed by atoms with Gasteiger partial charge in [-0.25, -0.2) is 4.79 Å². The van der Waals surface area contributed by atoms with E-state index in [9.17, 15) is 9.59 Å². The smallest absolute Gasteiger partial charge is 0.326 e. The summed E-state index contributed by atoms with van der Waals surface area (Å²) in [5, 5.41) is 9.09. The summed E-state index contributed by atoms with van der Waals surface area (Å²) in [4.78, 5) is 27.1. The second-order valence-electron chi connectivity index (χ2n) is 6.44. The SMILES string of the molecule is CCN(CCCC(=O)N1CCCC1C(=O)O)C(C)(C)C. The zero-order valence-electron chi connectivity index (χ0n) is 13.2. The van der Waals surface area contributed by atoms with Gasteiger partial charge in [-0.05, 0) is 53.1 Å². The molecule has 0 aromatic rings. The van der Waals surface area contributed by atoms with Crippen LogP contribution in [0.15, 0.2) is 0 Å². The molecule has 1 unspecified atom stereocenters. The molecule has 20 heavy (non-hydrogen) atoms. The van der Waals surface area contributed by atoms with Gasteiger partial charge in [0.25, 0.3) is 0 Å². The highest BCUT2D eigenvalue weighted by molar-refractivity contribution is 5.84. The van der Waals surface area contributed by atoms with Gasteiger partial charge < -0.3 is 10.0 Å². The fourth-order valence-electron chi connectivity index (χ4n) is 2.85. The molecule has 1 atom stereocenters. The van der Waals surface area contributed by atoms with Gasteiger partial charge in [-0.1, -0.05) is 6.92 Å². The van der Waals surface area contributed by atoms with E-state index in [4.69, 9.17) is 5.11 Å². The molecule has 0 radical (unpaired) electrons. The summed E-state index contributed by atoms with van der Waals surface area (Å²) in [5.41, 5.74) is 0.106. The largest absolute Gasteiger partial charge is 0.480 e. The molecule has 0 aromatic carbocycles. The van der Waals surface area contributed by atoms with E-state index in [1.807, 2.05) is 0 Å². The van der Waals surface area contributed by atoms with Crippen LogP contribution in [-0.2, 0) is 9.59 Å². The summed E-state index contributed by atoms with van der Waals surface area (Å²) in [6.45, 7) is 11.0. The summed E-state index contributed by atoms with van der Waals surface area (Å²) in [6.07, 6.45) is 2.61. The number of carboxylic acid groups (broad SMARTS) is 1. The van der Waals surface area contributed by atoms with Gasteiger partial charge in [0.2, 0.25) is 5.91 Å². The number of carbonyl (C=O) groups excluding carboxylic acids is 1. The summed E-state index contributed by atoms with van der Waals surface area (Å²) in [6, 6.07) is -0.604. The zero-order chi connectivity index (χ0) is 15.3. The number of carbonyl (C=O) groups is 2. The lowest BCUT2D eigenvalue weighted by molar-refractivity contribution is -0.148. The van der Waals surface area contributed by atoms with Crippen molar-refractivity contribution in [2.75, 3.05) is 19.6 Å². The molecule has 1 N–H and O–H groups in total. The predicted octanol–water partition coefficient (Wildman–Crippen LogP) is 1.96. The van der Waals surface area contributed by atoms with Crippen molar-refractivity contribution in [2.24, 2.45) is 0 Å². The van der Waals surface area contributed by atoms with E-state index in [1.54, 1.807) is 0 Å². The number of hydrogen-bond donors (Lipinski definition) is 1. The van der Waals surface area contributed by atoms with Gasteiger partial charge in [0.1, 0.15) is 6.04 Å². The van der Waals surface area contributed by atoms with Crippen LogP contribution >= 0.6 is 0 Å². The minimum Gasteiger partial charge on any atom is -0.480 e. The lowest BCUT2D eigenvalue weighted by Crippen LogP contribution is -2.43. The molecule has 5 nitrogen and oxygen atoms in total. The molecule has 1 heterocycles. The van der Waals surface area contributed by atoms with Crippen molar-refractivity contribution in [3.63, 3.8) is 0 Å². The third-order valence-corrected chi connectivity index (χ3v) is 4.01. The fourth-order valence-corrected chi connectivity index (χ4v) is 2.85. The van der Waals surface area contributed by atoms with Gasteiger partial charge in [0.15, 0.2) is 0 Å². The van der Waals surface area contributed by atoms with Crippen LogP contribution in [0.5, 0.6) is 0 Å². The molecule has 0 saturated carbocycles. The average Bonchev–Trinajstić information content (AvgIpc) is 2.81. The Morgan fingerprint density at radius 3 is 2.50 bits per heavy atom. The molecule has 1 aliphatic heterocycles. The van der Waals surface area contributed by atoms with Crippen molar-refractivity contribution in [3.8, 4) is 0 Å². The monoisotopic (exact) mass is 284 g/mol. The van der Waals surface area contributed by atoms with Gasteiger partial charge in [-0.2, -0.15) is 0 Å². The van der Waals surface area contributed by atoms with Crippen LogP contribution in [0.25, 0.3) is 0 Å². The fraction of sp³-hybridized carbons (Fsp3) is 0.867. The summed E-state index contributed by atoms with van der Waals surface area (Å²) < 4.78 is 0. The van der Waals surface area contributed by atoms with Gasteiger partial charge in [0.05, 0.1) is 0 Å². The first-order chi connectivity index (χ1) is 9.27. The van der Waals surface area contributed by atoms with Gasteiger partial charge in [-0.3, -0.25) is 9.69 Å². The van der Waals surface area contributed by atoms with Gasteiger partial charge >= 0.3 is 5.97 Å². The molecular weight excluding hydrogens is 256 g/mol. The minimum absolute atomic E-state index is 0.0140. The second kappa shape index (κ2) is 7.07. The van der Waals surface area contributed by atoms with Crippen molar-refractivity contribution in [1.29, 1.82) is 0 Å². The standard InChI is InChI=1S/C15H28N2O3/c1-5-16(15(2,3)4)10-7-9-13(18)17-11-6-8-12(17)14(19)20/h12H,5-11H2,1-4H3,(H,19,20). The minimum atomic E-state index is -0.874. The molecule has 0 spiro atoms. The van der Waals surface area contributed by atoms with Crippen LogP contribution in [0.1, 0.15) is 53.4 Å². The van der Waals surface area contributed by atoms with Crippen molar-refractivity contribution in [2.45, 2.75) is 65.0 Å². The lowest BCUT2D eigenvalue weighted by Gasteiger charge is -2.34. The highest BCUT2D eigenvalue weighted by Crippen LogP contribution is 2.19. The van der Waals surface area contributed by atoms with Crippen LogP contribution in [0.4, 0.5) is 0 Å². The van der Waals surface area contributed by atoms with E-state index in [0.29, 0.717) is 19.4 Å². The Morgan fingerprint density at radius 2 is 2.00 bits per heavy atom. The van der Waals surface area contributed by atoms with Crippen LogP contribution in [0, 0.1) is 0 Å². The molecule has 1 saturated heterocycles. The van der Waals surface area contributed by atoms with Crippen molar-refractivity contribution < 1.29 is 14.7 Å². The number of nitrogens with zero attached hydrogens (tertiary/aromatic N) is 2. The van der Waals surface area contributed by atoms with E-state index >= 15 is 0 Å². The third kappa shape index (κ3) is 4.47. The Morgan fingerprint density at radius 1 is 1.35 bits per heavy atom. The third-order valence-electron chi connectivity index (χ3n) is 4.01. The number of likely N-dealkylation sites (tertiary alicyclic amines) is 1. The molecule has 1 amide bonds. The first kappa shape index (κ1) is 17.0. The van der Waals surface area contributed by atoms with E-state index in [1.165, 1.54) is 4.90 Å². The Labute approximate surface area is 121 Å². The van der Waals surface area contributed by atoms with Crippen LogP contribution in [0.2, 0.25) is 0 Å². The maximum atomic E-state index is 12.1. The molecule has 0 aliphatic carbocycles. The van der Waals surface area contributed by atoms with Crippen molar-refractivity contribution >= 4 is 11.9 Å². The Hall–Kier alpha value is -1.10. The lowest BCUT2D eigenvalue weighted by atomic mass is 10.1. The number of rotatable bonds is 6. The first-order valence-corrected chi connectivity index (χ1v) is 7.54. The molecule has 0 bridgehead atoms. The molecule has 0 aromatic heterocycles. The number of hydrogen-bond acceptors (Lipinski definition) is 3. The van der Waals surface area contributed by atoms with E-state index in [-0.39, 0.29) is 11.4 Å². The molecule has 1 aliphatic rings. The average molecular weight is 284 g/mol. The predicted molar refractivity (Wildman–Crippen MR) is 78.6 cm³/mol. The van der Waals surface area contributed by atoms with E-state index < -0.39 is 12.0 Å². The van der Waals surface area contributed by atoms with Crippen molar-refractivity contribution in [3.05, 3.63) is 0 Å². The molecule has 116 valence electrons. The topological polar surface area (TPSA) is 60.9 Å². The van der Waals surface area contributed by atoms with Gasteiger partial charge in [-0.15, -0.1) is 0 Å². The van der Waals surface area contributed by atoms with E-state index in [2.05, 4.69) is 32.6 Å². The Bertz CT molecular complexity index is 350. The Balaban J connectivity index is 2.42. The normalized spacial score (nSPS) is 19.6. The quantitative estimate of drug-likeness (QED) is 0.810. The highest BCUT2D eigenvalue weighted by atomic mass is 16.4. The highest BCUT2D eigenvalue weighted by Gasteiger charge is 2.33. The maximum Gasteiger partial charge on any atom is 0.326 e. The number of amides is 1. The van der Waals surface area contributed by atoms with Crippen LogP contribution in [-0.4, -0.2) is 58.0 Å². The summed E-state index contributed by atoms with van der Waals surface area (Å²) in [7, 11) is 0. The Kier molecular flexibility index (Phi) is 5.99.